The fourth-order valence-electron chi connectivity index (χ4n) is 2.22. The fraction of sp³-hybridized carbons (Fsp3) is 0.0455. The maximum absolute atomic E-state index is 12.3. The molecule has 0 saturated heterocycles. The van der Waals surface area contributed by atoms with Gasteiger partial charge in [0.2, 0.25) is 0 Å². The predicted molar refractivity (Wildman–Crippen MR) is 114 cm³/mol. The molecule has 0 fully saturated rings. The molecule has 0 aliphatic carbocycles. The second kappa shape index (κ2) is 10.2. The van der Waals surface area contributed by atoms with Gasteiger partial charge in [-0.2, -0.15) is 0 Å². The number of ether oxygens (including phenoxy) is 1. The minimum atomic E-state index is -4.70. The van der Waals surface area contributed by atoms with E-state index in [2.05, 4.69) is 9.73 Å². The number of benzene rings is 3. The van der Waals surface area contributed by atoms with Crippen molar-refractivity contribution in [1.82, 2.24) is 0 Å². The molecule has 7 heteroatoms. The molecule has 29 heavy (non-hydrogen) atoms. The van der Waals surface area contributed by atoms with Crippen LogP contribution >= 0.6 is 23.5 Å². The first-order chi connectivity index (χ1) is 14.0. The Kier molecular flexibility index (Phi) is 7.43. The van der Waals surface area contributed by atoms with Crippen molar-refractivity contribution in [2.45, 2.75) is 16.2 Å². The topological polar surface area (TPSA) is 21.6 Å². The monoisotopic (exact) mass is 431 g/mol. The molecule has 0 bridgehead atoms. The first kappa shape index (κ1) is 21.1. The van der Waals surface area contributed by atoms with E-state index in [1.54, 1.807) is 23.9 Å². The maximum atomic E-state index is 12.3. The van der Waals surface area contributed by atoms with E-state index < -0.39 is 6.36 Å². The van der Waals surface area contributed by atoms with E-state index in [0.717, 1.165) is 15.5 Å². The molecule has 0 aliphatic heterocycles. The van der Waals surface area contributed by atoms with Crippen LogP contribution in [0.1, 0.15) is 0 Å². The second-order valence-corrected chi connectivity index (χ2v) is 7.71. The van der Waals surface area contributed by atoms with Gasteiger partial charge >= 0.3 is 6.36 Å². The molecular formula is C22H16F3NOS2. The van der Waals surface area contributed by atoms with Crippen molar-refractivity contribution in [1.29, 1.82) is 0 Å². The van der Waals surface area contributed by atoms with Gasteiger partial charge in [0.1, 0.15) is 10.8 Å². The normalized spacial score (nSPS) is 12.3. The van der Waals surface area contributed by atoms with Gasteiger partial charge in [-0.05, 0) is 60.0 Å². The summed E-state index contributed by atoms with van der Waals surface area (Å²) in [4.78, 5) is 6.49. The number of hydrogen-bond acceptors (Lipinski definition) is 4. The molecule has 3 rings (SSSR count). The number of hydrogen-bond donors (Lipinski definition) is 0. The Bertz CT molecular complexity index is 957. The lowest BCUT2D eigenvalue weighted by molar-refractivity contribution is -0.274. The molecule has 0 saturated carbocycles. The molecule has 0 aliphatic rings. The smallest absolute Gasteiger partial charge is 0.406 e. The van der Waals surface area contributed by atoms with E-state index in [9.17, 15) is 13.2 Å². The molecule has 0 radical (unpaired) electrons. The van der Waals surface area contributed by atoms with Crippen LogP contribution in [0.15, 0.2) is 111 Å². The zero-order chi connectivity index (χ0) is 20.5. The van der Waals surface area contributed by atoms with E-state index in [0.29, 0.717) is 5.04 Å². The molecule has 2 nitrogen and oxygen atoms in total. The lowest BCUT2D eigenvalue weighted by Crippen LogP contribution is -2.16. The van der Waals surface area contributed by atoms with E-state index in [4.69, 9.17) is 0 Å². The van der Waals surface area contributed by atoms with Gasteiger partial charge in [-0.3, -0.25) is 0 Å². The summed E-state index contributed by atoms with van der Waals surface area (Å²) in [6, 6.07) is 25.1. The Labute approximate surface area is 175 Å². The molecule has 3 aromatic carbocycles. The molecule has 3 aromatic rings. The molecule has 0 heterocycles. The minimum Gasteiger partial charge on any atom is -0.406 e. The van der Waals surface area contributed by atoms with Crippen LogP contribution in [0.2, 0.25) is 0 Å². The van der Waals surface area contributed by atoms with Gasteiger partial charge in [-0.25, -0.2) is 4.99 Å². The number of rotatable bonds is 6. The van der Waals surface area contributed by atoms with Gasteiger partial charge in [0.15, 0.2) is 0 Å². The summed E-state index contributed by atoms with van der Waals surface area (Å²) in [6.45, 7) is 0. The Morgan fingerprint density at radius 1 is 0.793 bits per heavy atom. The van der Waals surface area contributed by atoms with E-state index >= 15 is 0 Å². The van der Waals surface area contributed by atoms with Crippen LogP contribution in [0.3, 0.4) is 0 Å². The highest BCUT2D eigenvalue weighted by atomic mass is 32.2. The minimum absolute atomic E-state index is 0.251. The van der Waals surface area contributed by atoms with Crippen molar-refractivity contribution in [3.8, 4) is 5.75 Å². The Morgan fingerprint density at radius 2 is 1.41 bits per heavy atom. The molecule has 148 valence electrons. The van der Waals surface area contributed by atoms with Crippen molar-refractivity contribution in [3.63, 3.8) is 0 Å². The highest BCUT2D eigenvalue weighted by molar-refractivity contribution is 8.14. The van der Waals surface area contributed by atoms with Crippen molar-refractivity contribution in [3.05, 3.63) is 96.4 Å². The lowest BCUT2D eigenvalue weighted by atomic mass is 10.3. The lowest BCUT2D eigenvalue weighted by Gasteiger charge is -2.09. The summed E-state index contributed by atoms with van der Waals surface area (Å²) < 4.78 is 40.9. The third-order valence-electron chi connectivity index (χ3n) is 3.43. The van der Waals surface area contributed by atoms with E-state index in [-0.39, 0.29) is 5.75 Å². The van der Waals surface area contributed by atoms with Crippen LogP contribution in [0, 0.1) is 0 Å². The number of thioether (sulfide) groups is 2. The standard InChI is InChI=1S/C22H16F3NOS2/c23-22(24,25)27-18-11-13-20(14-12-18)29-21(26-17-7-3-1-4-8-17)15-16-28-19-9-5-2-6-10-19/h1-16H. The summed E-state index contributed by atoms with van der Waals surface area (Å²) in [5.74, 6) is -0.251. The van der Waals surface area contributed by atoms with Gasteiger partial charge in [0, 0.05) is 9.79 Å². The number of halogens is 3. The van der Waals surface area contributed by atoms with Crippen LogP contribution in [-0.4, -0.2) is 11.4 Å². The first-order valence-corrected chi connectivity index (χ1v) is 10.2. The van der Waals surface area contributed by atoms with Crippen LogP contribution in [0.25, 0.3) is 0 Å². The Hall–Kier alpha value is -2.64. The largest absolute Gasteiger partial charge is 0.573 e. The van der Waals surface area contributed by atoms with Crippen molar-refractivity contribution in [2.24, 2.45) is 4.99 Å². The van der Waals surface area contributed by atoms with Gasteiger partial charge in [0.05, 0.1) is 5.69 Å². The van der Waals surface area contributed by atoms with Gasteiger partial charge < -0.3 is 4.74 Å². The molecule has 0 aromatic heterocycles. The summed E-state index contributed by atoms with van der Waals surface area (Å²) in [6.07, 6.45) is -2.82. The summed E-state index contributed by atoms with van der Waals surface area (Å²) in [5, 5.41) is 2.65. The third kappa shape index (κ3) is 7.71. The van der Waals surface area contributed by atoms with Crippen molar-refractivity contribution < 1.29 is 17.9 Å². The SMILES string of the molecule is FC(F)(F)Oc1ccc(SC(C=CSc2ccccc2)=Nc2ccccc2)cc1. The Morgan fingerprint density at radius 3 is 2.03 bits per heavy atom. The molecular weight excluding hydrogens is 415 g/mol. The van der Waals surface area contributed by atoms with E-state index in [1.807, 2.05) is 72.1 Å². The molecule has 0 N–H and O–H groups in total. The molecule has 0 spiro atoms. The number of alkyl halides is 3. The average molecular weight is 432 g/mol. The summed E-state index contributed by atoms with van der Waals surface area (Å²) >= 11 is 2.92. The highest BCUT2D eigenvalue weighted by Crippen LogP contribution is 2.29. The summed E-state index contributed by atoms with van der Waals surface area (Å²) in [5.41, 5.74) is 0.793. The zero-order valence-corrected chi connectivity index (χ0v) is 16.7. The van der Waals surface area contributed by atoms with Crippen molar-refractivity contribution in [2.75, 3.05) is 0 Å². The van der Waals surface area contributed by atoms with Crippen LogP contribution < -0.4 is 4.74 Å². The van der Waals surface area contributed by atoms with Crippen LogP contribution in [0.4, 0.5) is 18.9 Å². The maximum Gasteiger partial charge on any atom is 0.573 e. The fourth-order valence-corrected chi connectivity index (χ4v) is 3.78. The number of aliphatic imine (C=N–C) groups is 1. The van der Waals surface area contributed by atoms with Crippen LogP contribution in [-0.2, 0) is 0 Å². The predicted octanol–water partition coefficient (Wildman–Crippen LogP) is 7.71. The van der Waals surface area contributed by atoms with Gasteiger partial charge in [-0.15, -0.1) is 13.2 Å². The number of para-hydroxylation sites is 1. The highest BCUT2D eigenvalue weighted by Gasteiger charge is 2.30. The van der Waals surface area contributed by atoms with Crippen LogP contribution in [0.5, 0.6) is 5.75 Å². The van der Waals surface area contributed by atoms with E-state index in [1.165, 1.54) is 23.9 Å². The molecule has 0 amide bonds. The third-order valence-corrected chi connectivity index (χ3v) is 5.19. The Balaban J connectivity index is 1.75. The average Bonchev–Trinajstić information content (AvgIpc) is 2.70. The van der Waals surface area contributed by atoms with Crippen molar-refractivity contribution >= 4 is 34.3 Å². The zero-order valence-electron chi connectivity index (χ0n) is 15.0. The number of nitrogens with zero attached hydrogens (tertiary/aromatic N) is 1. The molecule has 0 unspecified atom stereocenters. The first-order valence-electron chi connectivity index (χ1n) is 8.54. The van der Waals surface area contributed by atoms with Gasteiger partial charge in [-0.1, -0.05) is 59.9 Å². The summed E-state index contributed by atoms with van der Waals surface area (Å²) in [7, 11) is 0. The molecule has 0 atom stereocenters. The van der Waals surface area contributed by atoms with Gasteiger partial charge in [0.25, 0.3) is 0 Å². The second-order valence-electron chi connectivity index (χ2n) is 5.64. The quantitative estimate of drug-likeness (QED) is 0.227.